The Morgan fingerprint density at radius 3 is 2.55 bits per heavy atom. The Balaban J connectivity index is 1.11. The zero-order valence-corrected chi connectivity index (χ0v) is 24.7. The summed E-state index contributed by atoms with van der Waals surface area (Å²) in [6.45, 7) is 4.84. The molecular formula is C32H37N5OS2. The number of aromatic nitrogens is 2. The van der Waals surface area contributed by atoms with Gasteiger partial charge in [-0.3, -0.25) is 9.69 Å². The molecule has 8 heteroatoms. The van der Waals surface area contributed by atoms with Crippen molar-refractivity contribution < 1.29 is 4.79 Å². The van der Waals surface area contributed by atoms with Crippen LogP contribution in [0.2, 0.25) is 0 Å². The second-order valence-corrected chi connectivity index (χ2v) is 13.4. The zero-order valence-electron chi connectivity index (χ0n) is 23.1. The maximum absolute atomic E-state index is 14.0. The van der Waals surface area contributed by atoms with E-state index in [9.17, 15) is 4.79 Å². The number of carbonyl (C=O) groups is 1. The fourth-order valence-electron chi connectivity index (χ4n) is 6.14. The highest BCUT2D eigenvalue weighted by molar-refractivity contribution is 7.99. The summed E-state index contributed by atoms with van der Waals surface area (Å²) in [6.07, 6.45) is 7.75. The number of fused-ring (bicyclic) bond motifs is 1. The average molecular weight is 572 g/mol. The maximum Gasteiger partial charge on any atom is 0.240 e. The molecule has 2 fully saturated rings. The molecule has 2 aromatic carbocycles. The minimum Gasteiger partial charge on any atom is -0.339 e. The standard InChI is InChI=1S/C32H37N5OS2/c1-35(22-27-20-25-10-5-6-11-30(25)39-27)31(38)29-21-28(40-32-33-15-7-16-34-32)23-37(29)26-13-18-36(19-14-26)17-12-24-8-3-2-4-9-24/h2-11,15-16,20,26,28-29H,12-14,17-19,21-23H2,1H3/t28-,29+/m1/s1. The highest BCUT2D eigenvalue weighted by Crippen LogP contribution is 2.35. The van der Waals surface area contributed by atoms with E-state index in [-0.39, 0.29) is 11.9 Å². The summed E-state index contributed by atoms with van der Waals surface area (Å²) < 4.78 is 1.28. The minimum atomic E-state index is -0.0959. The van der Waals surface area contributed by atoms with Gasteiger partial charge in [-0.25, -0.2) is 9.97 Å². The summed E-state index contributed by atoms with van der Waals surface area (Å²) >= 11 is 3.51. The number of thioether (sulfide) groups is 1. The Morgan fingerprint density at radius 1 is 1.02 bits per heavy atom. The summed E-state index contributed by atoms with van der Waals surface area (Å²) in [5.41, 5.74) is 1.40. The molecule has 40 heavy (non-hydrogen) atoms. The van der Waals surface area contributed by atoms with Crippen molar-refractivity contribution in [3.63, 3.8) is 0 Å². The molecule has 0 N–H and O–H groups in total. The highest BCUT2D eigenvalue weighted by Gasteiger charge is 2.42. The van der Waals surface area contributed by atoms with Gasteiger partial charge in [0.2, 0.25) is 5.91 Å². The molecule has 4 heterocycles. The molecule has 1 amide bonds. The molecule has 6 rings (SSSR count). The molecule has 0 aliphatic carbocycles. The van der Waals surface area contributed by atoms with Crippen molar-refractivity contribution in [1.82, 2.24) is 24.7 Å². The largest absolute Gasteiger partial charge is 0.339 e. The number of amides is 1. The smallest absolute Gasteiger partial charge is 0.240 e. The van der Waals surface area contributed by atoms with E-state index in [1.165, 1.54) is 20.5 Å². The summed E-state index contributed by atoms with van der Waals surface area (Å²) in [6, 6.07) is 23.6. The SMILES string of the molecule is CN(Cc1cc2ccccc2s1)C(=O)[C@@H]1C[C@@H](Sc2ncccn2)CN1C1CCN(CCc2ccccc2)CC1. The van der Waals surface area contributed by atoms with Gasteiger partial charge in [0.15, 0.2) is 5.16 Å². The van der Waals surface area contributed by atoms with Gasteiger partial charge in [0.1, 0.15) is 0 Å². The van der Waals surface area contributed by atoms with E-state index in [1.54, 1.807) is 35.5 Å². The predicted molar refractivity (Wildman–Crippen MR) is 165 cm³/mol. The molecule has 0 bridgehead atoms. The Labute approximate surface area is 245 Å². The van der Waals surface area contributed by atoms with Crippen molar-refractivity contribution in [1.29, 1.82) is 0 Å². The van der Waals surface area contributed by atoms with Gasteiger partial charge in [-0.15, -0.1) is 11.3 Å². The number of nitrogens with zero attached hydrogens (tertiary/aromatic N) is 5. The first-order chi connectivity index (χ1) is 19.6. The van der Waals surface area contributed by atoms with E-state index < -0.39 is 0 Å². The van der Waals surface area contributed by atoms with Gasteiger partial charge >= 0.3 is 0 Å². The summed E-state index contributed by atoms with van der Waals surface area (Å²) in [5, 5.41) is 2.37. The molecule has 6 nitrogen and oxygen atoms in total. The van der Waals surface area contributed by atoms with E-state index in [0.717, 1.165) is 57.0 Å². The van der Waals surface area contributed by atoms with Crippen molar-refractivity contribution in [3.05, 3.63) is 89.6 Å². The van der Waals surface area contributed by atoms with Crippen LogP contribution in [0.4, 0.5) is 0 Å². The van der Waals surface area contributed by atoms with Crippen LogP contribution >= 0.6 is 23.1 Å². The molecule has 2 aliphatic rings. The summed E-state index contributed by atoms with van der Waals surface area (Å²) in [7, 11) is 1.97. The lowest BCUT2D eigenvalue weighted by molar-refractivity contribution is -0.136. The number of thiophene rings is 1. The number of likely N-dealkylation sites (tertiary alicyclic amines) is 2. The fraction of sp³-hybridized carbons (Fsp3) is 0.406. The number of likely N-dealkylation sites (N-methyl/N-ethyl adjacent to an activating group) is 1. The molecule has 208 valence electrons. The van der Waals surface area contributed by atoms with Crippen LogP contribution in [-0.4, -0.2) is 81.1 Å². The first-order valence-corrected chi connectivity index (χ1v) is 16.0. The number of piperidine rings is 1. The van der Waals surface area contributed by atoms with Crippen LogP contribution in [0.5, 0.6) is 0 Å². The molecule has 2 saturated heterocycles. The second kappa shape index (κ2) is 12.8. The quantitative estimate of drug-likeness (QED) is 0.244. The lowest BCUT2D eigenvalue weighted by Crippen LogP contribution is -2.51. The maximum atomic E-state index is 14.0. The molecule has 2 atom stereocenters. The average Bonchev–Trinajstić information content (AvgIpc) is 3.60. The summed E-state index contributed by atoms with van der Waals surface area (Å²) in [4.78, 5) is 31.2. The van der Waals surface area contributed by atoms with Crippen molar-refractivity contribution in [2.45, 2.75) is 54.7 Å². The third-order valence-electron chi connectivity index (χ3n) is 8.23. The van der Waals surface area contributed by atoms with Crippen molar-refractivity contribution in [2.75, 3.05) is 33.2 Å². The van der Waals surface area contributed by atoms with Crippen molar-refractivity contribution in [2.24, 2.45) is 0 Å². The Morgan fingerprint density at radius 2 is 1.77 bits per heavy atom. The third-order valence-corrected chi connectivity index (χ3v) is 10.4. The van der Waals surface area contributed by atoms with Crippen LogP contribution in [0.1, 0.15) is 29.7 Å². The van der Waals surface area contributed by atoms with Crippen LogP contribution < -0.4 is 0 Å². The number of benzene rings is 2. The topological polar surface area (TPSA) is 52.6 Å². The van der Waals surface area contributed by atoms with E-state index in [1.807, 2.05) is 18.0 Å². The number of hydrogen-bond acceptors (Lipinski definition) is 7. The molecule has 2 aliphatic heterocycles. The Hall–Kier alpha value is -2.78. The molecule has 0 spiro atoms. The fourth-order valence-corrected chi connectivity index (χ4v) is 8.32. The first kappa shape index (κ1) is 27.4. The first-order valence-electron chi connectivity index (χ1n) is 14.3. The van der Waals surface area contributed by atoms with Crippen LogP contribution in [0, 0.1) is 0 Å². The normalized spacial score (nSPS) is 20.7. The molecule has 0 unspecified atom stereocenters. The van der Waals surface area contributed by atoms with Gasteiger partial charge in [-0.1, -0.05) is 60.3 Å². The third kappa shape index (κ3) is 6.57. The lowest BCUT2D eigenvalue weighted by Gasteiger charge is -2.39. The van der Waals surface area contributed by atoms with Crippen molar-refractivity contribution >= 4 is 39.1 Å². The molecule has 2 aromatic heterocycles. The van der Waals surface area contributed by atoms with Gasteiger partial charge in [0, 0.05) is 53.4 Å². The molecule has 0 radical (unpaired) electrons. The monoisotopic (exact) mass is 571 g/mol. The number of carbonyl (C=O) groups excluding carboxylic acids is 1. The summed E-state index contributed by atoms with van der Waals surface area (Å²) in [5.74, 6) is 0.237. The molecule has 4 aromatic rings. The highest BCUT2D eigenvalue weighted by atomic mass is 32.2. The number of hydrogen-bond donors (Lipinski definition) is 0. The zero-order chi connectivity index (χ0) is 27.3. The van der Waals surface area contributed by atoms with Crippen LogP contribution in [-0.2, 0) is 17.8 Å². The molecular weight excluding hydrogens is 535 g/mol. The van der Waals surface area contributed by atoms with Crippen LogP contribution in [0.15, 0.2) is 84.3 Å². The number of rotatable bonds is 9. The van der Waals surface area contributed by atoms with Gasteiger partial charge in [-0.05, 0) is 67.9 Å². The van der Waals surface area contributed by atoms with E-state index in [2.05, 4.69) is 80.4 Å². The van der Waals surface area contributed by atoms with Gasteiger partial charge < -0.3 is 9.80 Å². The Kier molecular flexibility index (Phi) is 8.77. The van der Waals surface area contributed by atoms with Crippen LogP contribution in [0.3, 0.4) is 0 Å². The molecule has 0 saturated carbocycles. The minimum absolute atomic E-state index is 0.0959. The second-order valence-electron chi connectivity index (χ2n) is 11.0. The van der Waals surface area contributed by atoms with Crippen molar-refractivity contribution in [3.8, 4) is 0 Å². The van der Waals surface area contributed by atoms with Gasteiger partial charge in [-0.2, -0.15) is 0 Å². The lowest BCUT2D eigenvalue weighted by atomic mass is 10.0. The van der Waals surface area contributed by atoms with E-state index in [4.69, 9.17) is 0 Å². The van der Waals surface area contributed by atoms with Gasteiger partial charge in [0.05, 0.1) is 12.6 Å². The van der Waals surface area contributed by atoms with Gasteiger partial charge in [0.25, 0.3) is 0 Å². The van der Waals surface area contributed by atoms with E-state index in [0.29, 0.717) is 17.8 Å². The van der Waals surface area contributed by atoms with E-state index >= 15 is 0 Å². The predicted octanol–water partition coefficient (Wildman–Crippen LogP) is 5.59. The Bertz CT molecular complexity index is 1360. The van der Waals surface area contributed by atoms with Crippen LogP contribution in [0.25, 0.3) is 10.1 Å².